The molecular formula is C14H27NO2. The highest BCUT2D eigenvalue weighted by Gasteiger charge is 2.28. The number of rotatable bonds is 5. The van der Waals surface area contributed by atoms with Gasteiger partial charge in [-0.1, -0.05) is 6.92 Å². The third-order valence-corrected chi connectivity index (χ3v) is 3.83. The fraction of sp³-hybridized carbons (Fsp3) is 0.929. The van der Waals surface area contributed by atoms with Crippen molar-refractivity contribution in [2.24, 2.45) is 11.8 Å². The summed E-state index contributed by atoms with van der Waals surface area (Å²) in [5.74, 6) is 1.32. The van der Waals surface area contributed by atoms with Gasteiger partial charge in [0.25, 0.3) is 0 Å². The summed E-state index contributed by atoms with van der Waals surface area (Å²) < 4.78 is 0. The van der Waals surface area contributed by atoms with Gasteiger partial charge in [-0.3, -0.25) is 4.79 Å². The molecule has 100 valence electrons. The molecule has 0 spiro atoms. The molecule has 0 aromatic carbocycles. The molecule has 0 aliphatic heterocycles. The van der Waals surface area contributed by atoms with Gasteiger partial charge in [-0.15, -0.1) is 0 Å². The van der Waals surface area contributed by atoms with Crippen molar-refractivity contribution in [1.82, 2.24) is 4.90 Å². The molecule has 0 aromatic rings. The molecule has 1 saturated carbocycles. The Kier molecular flexibility index (Phi) is 5.96. The molecule has 1 fully saturated rings. The average molecular weight is 241 g/mol. The number of amides is 1. The summed E-state index contributed by atoms with van der Waals surface area (Å²) in [6.07, 6.45) is 5.14. The van der Waals surface area contributed by atoms with E-state index in [4.69, 9.17) is 5.11 Å². The zero-order chi connectivity index (χ0) is 12.8. The number of hydrogen-bond acceptors (Lipinski definition) is 2. The van der Waals surface area contributed by atoms with Crippen LogP contribution in [0.15, 0.2) is 0 Å². The van der Waals surface area contributed by atoms with E-state index in [1.54, 1.807) is 0 Å². The second-order valence-electron chi connectivity index (χ2n) is 5.66. The molecule has 17 heavy (non-hydrogen) atoms. The van der Waals surface area contributed by atoms with Gasteiger partial charge in [0.05, 0.1) is 0 Å². The smallest absolute Gasteiger partial charge is 0.225 e. The van der Waals surface area contributed by atoms with Crippen LogP contribution in [0.25, 0.3) is 0 Å². The van der Waals surface area contributed by atoms with E-state index in [9.17, 15) is 4.79 Å². The standard InChI is InChI=1S/C14H27NO2/c1-11(2)15(9-4-10-16)14(17)13-7-5-12(3)6-8-13/h11-13,16H,4-10H2,1-3H3. The molecule has 1 N–H and O–H groups in total. The van der Waals surface area contributed by atoms with Crippen molar-refractivity contribution >= 4 is 5.91 Å². The van der Waals surface area contributed by atoms with Gasteiger partial charge < -0.3 is 10.0 Å². The van der Waals surface area contributed by atoms with Crippen molar-refractivity contribution in [2.45, 2.75) is 58.9 Å². The largest absolute Gasteiger partial charge is 0.396 e. The summed E-state index contributed by atoms with van der Waals surface area (Å²) in [6, 6.07) is 0.244. The van der Waals surface area contributed by atoms with Crippen molar-refractivity contribution in [2.75, 3.05) is 13.2 Å². The highest BCUT2D eigenvalue weighted by Crippen LogP contribution is 2.30. The van der Waals surface area contributed by atoms with E-state index in [1.165, 1.54) is 12.8 Å². The lowest BCUT2D eigenvalue weighted by molar-refractivity contribution is -0.138. The van der Waals surface area contributed by atoms with Crippen LogP contribution in [0.5, 0.6) is 0 Å². The Bertz CT molecular complexity index is 232. The number of nitrogens with zero attached hydrogens (tertiary/aromatic N) is 1. The number of aliphatic hydroxyl groups excluding tert-OH is 1. The second-order valence-corrected chi connectivity index (χ2v) is 5.66. The van der Waals surface area contributed by atoms with Crippen LogP contribution in [0.4, 0.5) is 0 Å². The van der Waals surface area contributed by atoms with Gasteiger partial charge in [-0.25, -0.2) is 0 Å². The fourth-order valence-corrected chi connectivity index (χ4v) is 2.61. The molecule has 0 radical (unpaired) electrons. The molecule has 1 aliphatic rings. The zero-order valence-electron chi connectivity index (χ0n) is 11.5. The predicted molar refractivity (Wildman–Crippen MR) is 69.7 cm³/mol. The van der Waals surface area contributed by atoms with E-state index >= 15 is 0 Å². The maximum atomic E-state index is 12.4. The Balaban J connectivity index is 2.52. The molecule has 1 amide bonds. The summed E-state index contributed by atoms with van der Waals surface area (Å²) in [5.41, 5.74) is 0. The molecule has 0 bridgehead atoms. The van der Waals surface area contributed by atoms with Gasteiger partial charge in [0.2, 0.25) is 5.91 Å². The molecule has 0 saturated heterocycles. The minimum atomic E-state index is 0.165. The van der Waals surface area contributed by atoms with Gasteiger partial charge in [0.1, 0.15) is 0 Å². The number of aliphatic hydroxyl groups is 1. The fourth-order valence-electron chi connectivity index (χ4n) is 2.61. The lowest BCUT2D eigenvalue weighted by atomic mass is 9.82. The summed E-state index contributed by atoms with van der Waals surface area (Å²) in [7, 11) is 0. The SMILES string of the molecule is CC1CCC(C(=O)N(CCCO)C(C)C)CC1. The van der Waals surface area contributed by atoms with E-state index in [1.807, 2.05) is 4.90 Å². The van der Waals surface area contributed by atoms with Crippen LogP contribution in [-0.2, 0) is 4.79 Å². The number of carbonyl (C=O) groups excluding carboxylic acids is 1. The molecule has 0 unspecified atom stereocenters. The van der Waals surface area contributed by atoms with E-state index in [2.05, 4.69) is 20.8 Å². The molecule has 3 heteroatoms. The monoisotopic (exact) mass is 241 g/mol. The van der Waals surface area contributed by atoms with Gasteiger partial charge in [-0.05, 0) is 51.9 Å². The Labute approximate surface area is 105 Å². The molecule has 1 aliphatic carbocycles. The van der Waals surface area contributed by atoms with Crippen molar-refractivity contribution in [3.8, 4) is 0 Å². The van der Waals surface area contributed by atoms with Crippen molar-refractivity contribution in [3.63, 3.8) is 0 Å². The lowest BCUT2D eigenvalue weighted by Crippen LogP contribution is -2.42. The molecule has 1 rings (SSSR count). The zero-order valence-corrected chi connectivity index (χ0v) is 11.5. The van der Waals surface area contributed by atoms with Crippen LogP contribution in [0.3, 0.4) is 0 Å². The Morgan fingerprint density at radius 3 is 2.35 bits per heavy atom. The van der Waals surface area contributed by atoms with Crippen LogP contribution in [0, 0.1) is 11.8 Å². The van der Waals surface area contributed by atoms with Crippen LogP contribution in [0.1, 0.15) is 52.9 Å². The van der Waals surface area contributed by atoms with Crippen molar-refractivity contribution in [1.29, 1.82) is 0 Å². The molecule has 0 aromatic heterocycles. The van der Waals surface area contributed by atoms with Gasteiger partial charge in [0, 0.05) is 25.1 Å². The first-order chi connectivity index (χ1) is 8.06. The van der Waals surface area contributed by atoms with Crippen molar-refractivity contribution < 1.29 is 9.90 Å². The molecule has 3 nitrogen and oxygen atoms in total. The Morgan fingerprint density at radius 2 is 1.88 bits per heavy atom. The van der Waals surface area contributed by atoms with Crippen LogP contribution in [0.2, 0.25) is 0 Å². The van der Waals surface area contributed by atoms with E-state index < -0.39 is 0 Å². The minimum absolute atomic E-state index is 0.165. The molecule has 0 heterocycles. The first-order valence-corrected chi connectivity index (χ1v) is 6.97. The maximum Gasteiger partial charge on any atom is 0.225 e. The third-order valence-electron chi connectivity index (χ3n) is 3.83. The number of carbonyl (C=O) groups is 1. The van der Waals surface area contributed by atoms with Crippen LogP contribution < -0.4 is 0 Å². The van der Waals surface area contributed by atoms with E-state index in [0.29, 0.717) is 18.9 Å². The minimum Gasteiger partial charge on any atom is -0.396 e. The summed E-state index contributed by atoms with van der Waals surface area (Å²) >= 11 is 0. The van der Waals surface area contributed by atoms with E-state index in [-0.39, 0.29) is 18.6 Å². The summed E-state index contributed by atoms with van der Waals surface area (Å²) in [5, 5.41) is 8.89. The normalized spacial score (nSPS) is 25.0. The Morgan fingerprint density at radius 1 is 1.29 bits per heavy atom. The van der Waals surface area contributed by atoms with Gasteiger partial charge in [-0.2, -0.15) is 0 Å². The second kappa shape index (κ2) is 7.00. The average Bonchev–Trinajstić information content (AvgIpc) is 2.29. The number of hydrogen-bond donors (Lipinski definition) is 1. The lowest BCUT2D eigenvalue weighted by Gasteiger charge is -2.33. The van der Waals surface area contributed by atoms with Crippen molar-refractivity contribution in [3.05, 3.63) is 0 Å². The highest BCUT2D eigenvalue weighted by atomic mass is 16.3. The van der Waals surface area contributed by atoms with Crippen LogP contribution in [-0.4, -0.2) is 35.1 Å². The van der Waals surface area contributed by atoms with E-state index in [0.717, 1.165) is 18.8 Å². The van der Waals surface area contributed by atoms with Crippen LogP contribution >= 0.6 is 0 Å². The summed E-state index contributed by atoms with van der Waals surface area (Å²) in [6.45, 7) is 7.24. The maximum absolute atomic E-state index is 12.4. The highest BCUT2D eigenvalue weighted by molar-refractivity contribution is 5.79. The van der Waals surface area contributed by atoms with Gasteiger partial charge in [0.15, 0.2) is 0 Å². The first-order valence-electron chi connectivity index (χ1n) is 6.97. The molecule has 0 atom stereocenters. The molecular weight excluding hydrogens is 214 g/mol. The van der Waals surface area contributed by atoms with Gasteiger partial charge >= 0.3 is 0 Å². The third kappa shape index (κ3) is 4.30. The summed E-state index contributed by atoms with van der Waals surface area (Å²) in [4.78, 5) is 14.3. The first kappa shape index (κ1) is 14.5. The predicted octanol–water partition coefficient (Wildman–Crippen LogP) is 2.43. The Hall–Kier alpha value is -0.570. The quantitative estimate of drug-likeness (QED) is 0.803. The topological polar surface area (TPSA) is 40.5 Å².